The summed E-state index contributed by atoms with van der Waals surface area (Å²) in [6.07, 6.45) is 0.786. The van der Waals surface area contributed by atoms with E-state index in [2.05, 4.69) is 10.1 Å². The maximum Gasteiger partial charge on any atom is 0.213 e. The van der Waals surface area contributed by atoms with E-state index in [-0.39, 0.29) is 0 Å². The van der Waals surface area contributed by atoms with Gasteiger partial charge in [0.25, 0.3) is 0 Å². The number of aliphatic hydroxyl groups is 1. The molecule has 1 N–H and O–H groups in total. The molecule has 3 aromatic rings. The second-order valence-corrected chi connectivity index (χ2v) is 4.51. The van der Waals surface area contributed by atoms with Gasteiger partial charge in [-0.2, -0.15) is 5.10 Å². The topological polar surface area (TPSA) is 60.2 Å². The molecule has 1 atom stereocenters. The minimum atomic E-state index is -0.872. The fraction of sp³-hybridized carbons (Fsp3) is 0.125. The Hall–Kier alpha value is -2.66. The number of hydrogen-bond acceptors (Lipinski definition) is 4. The van der Waals surface area contributed by atoms with Gasteiger partial charge in [0.1, 0.15) is 6.10 Å². The van der Waals surface area contributed by atoms with Crippen LogP contribution in [0.3, 0.4) is 0 Å². The third-order valence-corrected chi connectivity index (χ3v) is 3.19. The number of ether oxygens (including phenoxy) is 1. The molecule has 5 heteroatoms. The van der Waals surface area contributed by atoms with E-state index in [0.29, 0.717) is 17.3 Å². The number of rotatable bonds is 4. The first-order valence-corrected chi connectivity index (χ1v) is 6.58. The van der Waals surface area contributed by atoms with Gasteiger partial charge in [-0.1, -0.05) is 24.3 Å². The van der Waals surface area contributed by atoms with Gasteiger partial charge in [-0.05, 0) is 24.3 Å². The Labute approximate surface area is 122 Å². The molecule has 1 unspecified atom stereocenters. The third-order valence-electron chi connectivity index (χ3n) is 3.19. The average Bonchev–Trinajstić information content (AvgIpc) is 3.04. The molecule has 0 aliphatic carbocycles. The molecular formula is C16H15N3O2. The first-order valence-electron chi connectivity index (χ1n) is 6.58. The number of para-hydroxylation sites is 1. The van der Waals surface area contributed by atoms with Crippen molar-refractivity contribution in [3.63, 3.8) is 0 Å². The Kier molecular flexibility index (Phi) is 3.66. The molecule has 2 aromatic heterocycles. The summed E-state index contributed by atoms with van der Waals surface area (Å²) < 4.78 is 6.79. The standard InChI is InChI=1S/C16H15N3O2/c1-21-15-9-5-8-13(18-15)16(20)14-10-11-17-19(14)12-6-3-2-4-7-12/h2-11,16,20H,1H3. The Morgan fingerprint density at radius 2 is 1.86 bits per heavy atom. The molecule has 106 valence electrons. The van der Waals surface area contributed by atoms with E-state index in [1.165, 1.54) is 0 Å². The molecule has 1 aromatic carbocycles. The molecular weight excluding hydrogens is 266 g/mol. The lowest BCUT2D eigenvalue weighted by molar-refractivity contribution is 0.205. The van der Waals surface area contributed by atoms with Crippen LogP contribution in [0.15, 0.2) is 60.8 Å². The van der Waals surface area contributed by atoms with Gasteiger partial charge in [0.2, 0.25) is 5.88 Å². The second-order valence-electron chi connectivity index (χ2n) is 4.51. The van der Waals surface area contributed by atoms with Crippen LogP contribution in [0.4, 0.5) is 0 Å². The largest absolute Gasteiger partial charge is 0.481 e. The SMILES string of the molecule is COc1cccc(C(O)c2ccnn2-c2ccccc2)n1. The molecule has 0 saturated carbocycles. The first kappa shape index (κ1) is 13.3. The van der Waals surface area contributed by atoms with Crippen LogP contribution in [0.25, 0.3) is 5.69 Å². The number of methoxy groups -OCH3 is 1. The fourth-order valence-electron chi connectivity index (χ4n) is 2.15. The Morgan fingerprint density at radius 3 is 2.62 bits per heavy atom. The van der Waals surface area contributed by atoms with Crippen LogP contribution in [0.5, 0.6) is 5.88 Å². The fourth-order valence-corrected chi connectivity index (χ4v) is 2.15. The maximum atomic E-state index is 10.6. The lowest BCUT2D eigenvalue weighted by atomic mass is 10.1. The molecule has 0 aliphatic heterocycles. The Morgan fingerprint density at radius 1 is 1.05 bits per heavy atom. The van der Waals surface area contributed by atoms with Gasteiger partial charge in [0, 0.05) is 12.3 Å². The van der Waals surface area contributed by atoms with Crippen LogP contribution in [-0.4, -0.2) is 27.0 Å². The summed E-state index contributed by atoms with van der Waals surface area (Å²) >= 11 is 0. The van der Waals surface area contributed by atoms with Crippen molar-refractivity contribution in [3.05, 3.63) is 72.2 Å². The summed E-state index contributed by atoms with van der Waals surface area (Å²) in [4.78, 5) is 4.27. The molecule has 0 bridgehead atoms. The minimum Gasteiger partial charge on any atom is -0.481 e. The summed E-state index contributed by atoms with van der Waals surface area (Å²) in [5, 5.41) is 14.8. The highest BCUT2D eigenvalue weighted by molar-refractivity contribution is 5.34. The zero-order chi connectivity index (χ0) is 14.7. The number of aliphatic hydroxyl groups excluding tert-OH is 1. The highest BCUT2D eigenvalue weighted by Gasteiger charge is 2.18. The van der Waals surface area contributed by atoms with Crippen molar-refractivity contribution in [2.75, 3.05) is 7.11 Å². The number of nitrogens with zero attached hydrogens (tertiary/aromatic N) is 3. The van der Waals surface area contributed by atoms with Crippen LogP contribution in [-0.2, 0) is 0 Å². The van der Waals surface area contributed by atoms with Crippen molar-refractivity contribution >= 4 is 0 Å². The molecule has 3 rings (SSSR count). The Balaban J connectivity index is 1.99. The molecule has 0 saturated heterocycles. The predicted molar refractivity (Wildman–Crippen MR) is 78.4 cm³/mol. The van der Waals surface area contributed by atoms with Crippen LogP contribution < -0.4 is 4.74 Å². The maximum absolute atomic E-state index is 10.6. The predicted octanol–water partition coefficient (Wildman–Crippen LogP) is 2.36. The van der Waals surface area contributed by atoms with Crippen molar-refractivity contribution in [1.82, 2.24) is 14.8 Å². The quantitative estimate of drug-likeness (QED) is 0.797. The molecule has 0 amide bonds. The monoisotopic (exact) mass is 281 g/mol. The van der Waals surface area contributed by atoms with E-state index >= 15 is 0 Å². The van der Waals surface area contributed by atoms with Crippen LogP contribution in [0.1, 0.15) is 17.5 Å². The lowest BCUT2D eigenvalue weighted by Gasteiger charge is -2.13. The van der Waals surface area contributed by atoms with E-state index in [4.69, 9.17) is 4.74 Å². The smallest absolute Gasteiger partial charge is 0.213 e. The summed E-state index contributed by atoms with van der Waals surface area (Å²) in [6.45, 7) is 0. The molecule has 0 aliphatic rings. The summed E-state index contributed by atoms with van der Waals surface area (Å²) in [5.74, 6) is 0.470. The van der Waals surface area contributed by atoms with Gasteiger partial charge in [0.05, 0.1) is 24.2 Å². The van der Waals surface area contributed by atoms with Crippen LogP contribution >= 0.6 is 0 Å². The van der Waals surface area contributed by atoms with Crippen LogP contribution in [0, 0.1) is 0 Å². The van der Waals surface area contributed by atoms with Crippen LogP contribution in [0.2, 0.25) is 0 Å². The lowest BCUT2D eigenvalue weighted by Crippen LogP contribution is -2.10. The molecule has 5 nitrogen and oxygen atoms in total. The van der Waals surface area contributed by atoms with Gasteiger partial charge >= 0.3 is 0 Å². The molecule has 0 radical (unpaired) electrons. The normalized spacial score (nSPS) is 12.1. The number of aromatic nitrogens is 3. The minimum absolute atomic E-state index is 0.470. The number of pyridine rings is 1. The highest BCUT2D eigenvalue weighted by atomic mass is 16.5. The van der Waals surface area contributed by atoms with Gasteiger partial charge in [-0.25, -0.2) is 9.67 Å². The average molecular weight is 281 g/mol. The molecule has 2 heterocycles. The van der Waals surface area contributed by atoms with Gasteiger partial charge < -0.3 is 9.84 Å². The van der Waals surface area contributed by atoms with Crippen molar-refractivity contribution < 1.29 is 9.84 Å². The summed E-state index contributed by atoms with van der Waals surface area (Å²) in [7, 11) is 1.55. The molecule has 0 fully saturated rings. The van der Waals surface area contributed by atoms with E-state index in [0.717, 1.165) is 5.69 Å². The first-order chi connectivity index (χ1) is 10.3. The zero-order valence-corrected chi connectivity index (χ0v) is 11.5. The van der Waals surface area contributed by atoms with E-state index in [1.807, 2.05) is 30.3 Å². The molecule has 21 heavy (non-hydrogen) atoms. The number of benzene rings is 1. The van der Waals surface area contributed by atoms with E-state index in [9.17, 15) is 5.11 Å². The number of hydrogen-bond donors (Lipinski definition) is 1. The van der Waals surface area contributed by atoms with Crippen molar-refractivity contribution in [3.8, 4) is 11.6 Å². The highest BCUT2D eigenvalue weighted by Crippen LogP contribution is 2.23. The van der Waals surface area contributed by atoms with Gasteiger partial charge in [0.15, 0.2) is 0 Å². The third kappa shape index (κ3) is 2.64. The van der Waals surface area contributed by atoms with Gasteiger partial charge in [-0.3, -0.25) is 0 Å². The summed E-state index contributed by atoms with van der Waals surface area (Å²) in [5.41, 5.74) is 2.06. The second kappa shape index (κ2) is 5.76. The molecule has 0 spiro atoms. The summed E-state index contributed by atoms with van der Waals surface area (Å²) in [6, 6.07) is 16.7. The van der Waals surface area contributed by atoms with E-state index in [1.54, 1.807) is 42.3 Å². The zero-order valence-electron chi connectivity index (χ0n) is 11.5. The van der Waals surface area contributed by atoms with Crippen molar-refractivity contribution in [2.24, 2.45) is 0 Å². The Bertz CT molecular complexity index is 725. The van der Waals surface area contributed by atoms with Crippen molar-refractivity contribution in [2.45, 2.75) is 6.10 Å². The van der Waals surface area contributed by atoms with Gasteiger partial charge in [-0.15, -0.1) is 0 Å². The van der Waals surface area contributed by atoms with Crippen molar-refractivity contribution in [1.29, 1.82) is 0 Å². The van der Waals surface area contributed by atoms with E-state index < -0.39 is 6.10 Å².